The van der Waals surface area contributed by atoms with Gasteiger partial charge in [0.1, 0.15) is 6.29 Å². The van der Waals surface area contributed by atoms with E-state index in [1.54, 1.807) is 6.20 Å². The van der Waals surface area contributed by atoms with Crippen molar-refractivity contribution in [3.63, 3.8) is 0 Å². The summed E-state index contributed by atoms with van der Waals surface area (Å²) in [5, 5.41) is 4.73. The zero-order valence-electron chi connectivity index (χ0n) is 9.04. The molecule has 0 radical (unpaired) electrons. The maximum absolute atomic E-state index is 10.7. The van der Waals surface area contributed by atoms with E-state index in [2.05, 4.69) is 9.72 Å². The van der Waals surface area contributed by atoms with Gasteiger partial charge in [-0.3, -0.25) is 4.79 Å². The maximum atomic E-state index is 10.7. The third-order valence-electron chi connectivity index (χ3n) is 2.75. The molecular formula is C13H10N2O2. The van der Waals surface area contributed by atoms with Crippen LogP contribution in [0.25, 0.3) is 10.9 Å². The lowest BCUT2D eigenvalue weighted by molar-refractivity contribution is 0.112. The third kappa shape index (κ3) is 1.73. The molecule has 0 aliphatic heterocycles. The first-order valence-electron chi connectivity index (χ1n) is 5.30. The van der Waals surface area contributed by atoms with Crippen LogP contribution in [0.2, 0.25) is 0 Å². The molecule has 1 aromatic carbocycles. The molecule has 0 N–H and O–H groups in total. The van der Waals surface area contributed by atoms with Crippen molar-refractivity contribution in [2.24, 2.45) is 0 Å². The van der Waals surface area contributed by atoms with E-state index < -0.39 is 0 Å². The second kappa shape index (κ2) is 3.90. The Bertz CT molecular complexity index is 653. The molecule has 4 nitrogen and oxygen atoms in total. The molecule has 2 heterocycles. The van der Waals surface area contributed by atoms with Gasteiger partial charge in [0.15, 0.2) is 5.76 Å². The summed E-state index contributed by atoms with van der Waals surface area (Å²) in [5.41, 5.74) is 1.77. The van der Waals surface area contributed by atoms with Crippen LogP contribution >= 0.6 is 0 Å². The summed E-state index contributed by atoms with van der Waals surface area (Å²) in [5.74, 6) is 0.807. The molecule has 3 aromatic rings. The molecule has 2 aromatic heterocycles. The van der Waals surface area contributed by atoms with Crippen molar-refractivity contribution in [3.8, 4) is 0 Å². The highest BCUT2D eigenvalue weighted by atomic mass is 16.5. The van der Waals surface area contributed by atoms with Crippen LogP contribution in [0.3, 0.4) is 0 Å². The average Bonchev–Trinajstić information content (AvgIpc) is 2.99. The highest BCUT2D eigenvalue weighted by Crippen LogP contribution is 2.18. The lowest BCUT2D eigenvalue weighted by Gasteiger charge is -2.02. The summed E-state index contributed by atoms with van der Waals surface area (Å²) in [6, 6.07) is 9.45. The summed E-state index contributed by atoms with van der Waals surface area (Å²) in [7, 11) is 0. The molecular weight excluding hydrogens is 216 g/mol. The fourth-order valence-corrected chi connectivity index (χ4v) is 1.92. The third-order valence-corrected chi connectivity index (χ3v) is 2.75. The van der Waals surface area contributed by atoms with Gasteiger partial charge in [0, 0.05) is 28.7 Å². The minimum Gasteiger partial charge on any atom is -0.359 e. The topological polar surface area (TPSA) is 48.0 Å². The maximum Gasteiger partial charge on any atom is 0.156 e. The van der Waals surface area contributed by atoms with Crippen molar-refractivity contribution in [2.75, 3.05) is 0 Å². The van der Waals surface area contributed by atoms with E-state index >= 15 is 0 Å². The van der Waals surface area contributed by atoms with Crippen molar-refractivity contribution >= 4 is 17.2 Å². The summed E-state index contributed by atoms with van der Waals surface area (Å²) >= 11 is 0. The first-order chi connectivity index (χ1) is 8.36. The normalized spacial score (nSPS) is 10.8. The Balaban J connectivity index is 2.03. The Morgan fingerprint density at radius 1 is 1.29 bits per heavy atom. The molecule has 4 heteroatoms. The van der Waals surface area contributed by atoms with Gasteiger partial charge in [-0.05, 0) is 24.3 Å². The number of fused-ring (bicyclic) bond motifs is 1. The fourth-order valence-electron chi connectivity index (χ4n) is 1.92. The van der Waals surface area contributed by atoms with Gasteiger partial charge in [0.2, 0.25) is 0 Å². The van der Waals surface area contributed by atoms with Crippen LogP contribution in [0.1, 0.15) is 16.1 Å². The van der Waals surface area contributed by atoms with Gasteiger partial charge in [-0.1, -0.05) is 5.16 Å². The van der Waals surface area contributed by atoms with E-state index in [1.165, 1.54) is 0 Å². The number of hydrogen-bond acceptors (Lipinski definition) is 3. The van der Waals surface area contributed by atoms with Crippen LogP contribution in [-0.4, -0.2) is 16.0 Å². The molecule has 0 atom stereocenters. The van der Waals surface area contributed by atoms with Crippen LogP contribution < -0.4 is 0 Å². The summed E-state index contributed by atoms with van der Waals surface area (Å²) in [6.45, 7) is 0.643. The Kier molecular flexibility index (Phi) is 2.26. The van der Waals surface area contributed by atoms with Crippen molar-refractivity contribution in [3.05, 3.63) is 54.0 Å². The molecule has 0 fully saturated rings. The van der Waals surface area contributed by atoms with E-state index in [9.17, 15) is 4.79 Å². The van der Waals surface area contributed by atoms with Gasteiger partial charge >= 0.3 is 0 Å². The summed E-state index contributed by atoms with van der Waals surface area (Å²) in [4.78, 5) is 10.7. The zero-order chi connectivity index (χ0) is 11.7. The van der Waals surface area contributed by atoms with Crippen LogP contribution in [0, 0.1) is 0 Å². The smallest absolute Gasteiger partial charge is 0.156 e. The lowest BCUT2D eigenvalue weighted by Crippen LogP contribution is -1.96. The molecule has 0 aliphatic carbocycles. The van der Waals surface area contributed by atoms with Crippen LogP contribution in [0.4, 0.5) is 0 Å². The molecule has 3 rings (SSSR count). The molecule has 0 spiro atoms. The van der Waals surface area contributed by atoms with Gasteiger partial charge in [-0.2, -0.15) is 0 Å². The summed E-state index contributed by atoms with van der Waals surface area (Å²) < 4.78 is 7.13. The quantitative estimate of drug-likeness (QED) is 0.644. The van der Waals surface area contributed by atoms with E-state index in [1.807, 2.05) is 36.5 Å². The second-order valence-electron chi connectivity index (χ2n) is 3.86. The first kappa shape index (κ1) is 9.84. The molecule has 0 amide bonds. The molecule has 0 unspecified atom stereocenters. The number of rotatable bonds is 3. The highest BCUT2D eigenvalue weighted by molar-refractivity contribution is 5.87. The minimum atomic E-state index is 0.643. The minimum absolute atomic E-state index is 0.643. The Labute approximate surface area is 97.4 Å². The molecule has 84 valence electrons. The van der Waals surface area contributed by atoms with Crippen LogP contribution in [-0.2, 0) is 6.54 Å². The number of aromatic nitrogens is 2. The van der Waals surface area contributed by atoms with Gasteiger partial charge in [0.05, 0.1) is 12.7 Å². The largest absolute Gasteiger partial charge is 0.359 e. The van der Waals surface area contributed by atoms with Gasteiger partial charge in [-0.25, -0.2) is 0 Å². The average molecular weight is 226 g/mol. The van der Waals surface area contributed by atoms with Gasteiger partial charge in [-0.15, -0.1) is 0 Å². The molecule has 0 aliphatic rings. The van der Waals surface area contributed by atoms with Gasteiger partial charge < -0.3 is 9.09 Å². The lowest BCUT2D eigenvalue weighted by atomic mass is 10.2. The highest BCUT2D eigenvalue weighted by Gasteiger charge is 2.04. The molecule has 0 saturated carbocycles. The van der Waals surface area contributed by atoms with Crippen molar-refractivity contribution < 1.29 is 9.32 Å². The zero-order valence-corrected chi connectivity index (χ0v) is 9.04. The monoisotopic (exact) mass is 226 g/mol. The molecule has 0 saturated heterocycles. The van der Waals surface area contributed by atoms with Crippen molar-refractivity contribution in [1.29, 1.82) is 0 Å². The van der Waals surface area contributed by atoms with Crippen molar-refractivity contribution in [2.45, 2.75) is 6.54 Å². The van der Waals surface area contributed by atoms with Crippen molar-refractivity contribution in [1.82, 2.24) is 9.72 Å². The number of nitrogens with zero attached hydrogens (tertiary/aromatic N) is 2. The van der Waals surface area contributed by atoms with E-state index in [0.717, 1.165) is 22.9 Å². The van der Waals surface area contributed by atoms with E-state index in [0.29, 0.717) is 12.1 Å². The standard InChI is InChI=1S/C13H10N2O2/c16-9-10-1-2-13-11(7-10)4-6-15(13)8-12-3-5-14-17-12/h1-7,9H,8H2. The number of benzene rings is 1. The van der Waals surface area contributed by atoms with Crippen LogP contribution in [0.15, 0.2) is 47.2 Å². The second-order valence-corrected chi connectivity index (χ2v) is 3.86. The van der Waals surface area contributed by atoms with Gasteiger partial charge in [0.25, 0.3) is 0 Å². The predicted molar refractivity (Wildman–Crippen MR) is 62.9 cm³/mol. The number of hydrogen-bond donors (Lipinski definition) is 0. The fraction of sp³-hybridized carbons (Fsp3) is 0.0769. The summed E-state index contributed by atoms with van der Waals surface area (Å²) in [6.07, 6.45) is 4.46. The molecule has 0 bridgehead atoms. The van der Waals surface area contributed by atoms with Crippen LogP contribution in [0.5, 0.6) is 0 Å². The first-order valence-corrected chi connectivity index (χ1v) is 5.30. The SMILES string of the molecule is O=Cc1ccc2c(ccn2Cc2ccno2)c1. The molecule has 17 heavy (non-hydrogen) atoms. The Morgan fingerprint density at radius 3 is 3.00 bits per heavy atom. The number of aldehydes is 1. The Hall–Kier alpha value is -2.36. The Morgan fingerprint density at radius 2 is 2.24 bits per heavy atom. The number of carbonyl (C=O) groups is 1. The van der Waals surface area contributed by atoms with E-state index in [-0.39, 0.29) is 0 Å². The predicted octanol–water partition coefficient (Wildman–Crippen LogP) is 2.49. The van der Waals surface area contributed by atoms with E-state index in [4.69, 9.17) is 4.52 Å². The number of carbonyl (C=O) groups excluding carboxylic acids is 1.